The minimum Gasteiger partial charge on any atom is -0.261 e. The van der Waals surface area contributed by atoms with Crippen molar-refractivity contribution in [3.8, 4) is 0 Å². The zero-order chi connectivity index (χ0) is 12.2. The molecule has 0 N–H and O–H groups in total. The SMILES string of the molecule is c1ccc(CCc2ccc3ccccc3n2)nc1. The number of benzene rings is 1. The van der Waals surface area contributed by atoms with Gasteiger partial charge in [-0.1, -0.05) is 30.3 Å². The molecule has 0 spiro atoms. The predicted octanol–water partition coefficient (Wildman–Crippen LogP) is 3.42. The number of rotatable bonds is 3. The first kappa shape index (κ1) is 10.9. The summed E-state index contributed by atoms with van der Waals surface area (Å²) in [6.07, 6.45) is 3.71. The van der Waals surface area contributed by atoms with Crippen molar-refractivity contribution in [1.82, 2.24) is 9.97 Å². The normalized spacial score (nSPS) is 10.7. The molecule has 18 heavy (non-hydrogen) atoms. The Balaban J connectivity index is 1.79. The summed E-state index contributed by atoms with van der Waals surface area (Å²) in [7, 11) is 0. The van der Waals surface area contributed by atoms with Crippen molar-refractivity contribution < 1.29 is 0 Å². The number of hydrogen-bond donors (Lipinski definition) is 0. The molecular weight excluding hydrogens is 220 g/mol. The number of hydrogen-bond acceptors (Lipinski definition) is 2. The van der Waals surface area contributed by atoms with Crippen molar-refractivity contribution >= 4 is 10.9 Å². The van der Waals surface area contributed by atoms with Gasteiger partial charge in [-0.15, -0.1) is 0 Å². The lowest BCUT2D eigenvalue weighted by Crippen LogP contribution is -1.96. The molecule has 2 aromatic heterocycles. The van der Waals surface area contributed by atoms with Crippen LogP contribution in [-0.4, -0.2) is 9.97 Å². The van der Waals surface area contributed by atoms with Crippen molar-refractivity contribution in [2.24, 2.45) is 0 Å². The van der Waals surface area contributed by atoms with Crippen molar-refractivity contribution in [2.75, 3.05) is 0 Å². The van der Waals surface area contributed by atoms with Gasteiger partial charge in [0.1, 0.15) is 0 Å². The van der Waals surface area contributed by atoms with Crippen molar-refractivity contribution in [3.05, 3.63) is 72.2 Å². The first-order valence-electron chi connectivity index (χ1n) is 6.16. The third-order valence-corrected chi connectivity index (χ3v) is 3.02. The van der Waals surface area contributed by atoms with Crippen molar-refractivity contribution in [1.29, 1.82) is 0 Å². The molecule has 2 nitrogen and oxygen atoms in total. The minimum absolute atomic E-state index is 0.932. The molecule has 0 aliphatic carbocycles. The van der Waals surface area contributed by atoms with Crippen LogP contribution >= 0.6 is 0 Å². The van der Waals surface area contributed by atoms with E-state index in [9.17, 15) is 0 Å². The molecule has 0 bridgehead atoms. The van der Waals surface area contributed by atoms with Gasteiger partial charge in [0.05, 0.1) is 5.52 Å². The van der Waals surface area contributed by atoms with Gasteiger partial charge in [0.2, 0.25) is 0 Å². The Labute approximate surface area is 106 Å². The minimum atomic E-state index is 0.932. The number of aryl methyl sites for hydroxylation is 2. The van der Waals surface area contributed by atoms with Crippen LogP contribution < -0.4 is 0 Å². The first-order chi connectivity index (χ1) is 8.92. The van der Waals surface area contributed by atoms with E-state index < -0.39 is 0 Å². The summed E-state index contributed by atoms with van der Waals surface area (Å²) < 4.78 is 0. The van der Waals surface area contributed by atoms with E-state index in [4.69, 9.17) is 0 Å². The molecule has 88 valence electrons. The highest BCUT2D eigenvalue weighted by Crippen LogP contribution is 2.12. The van der Waals surface area contributed by atoms with Gasteiger partial charge in [-0.2, -0.15) is 0 Å². The number of fused-ring (bicyclic) bond motifs is 1. The van der Waals surface area contributed by atoms with Gasteiger partial charge >= 0.3 is 0 Å². The highest BCUT2D eigenvalue weighted by molar-refractivity contribution is 5.78. The Bertz CT molecular complexity index is 647. The van der Waals surface area contributed by atoms with E-state index in [2.05, 4.69) is 40.3 Å². The molecular formula is C16H14N2. The molecule has 0 fully saturated rings. The lowest BCUT2D eigenvalue weighted by molar-refractivity contribution is 0.886. The summed E-state index contributed by atoms with van der Waals surface area (Å²) >= 11 is 0. The summed E-state index contributed by atoms with van der Waals surface area (Å²) in [6, 6.07) is 18.5. The summed E-state index contributed by atoms with van der Waals surface area (Å²) in [6.45, 7) is 0. The largest absolute Gasteiger partial charge is 0.261 e. The summed E-state index contributed by atoms with van der Waals surface area (Å²) in [5.74, 6) is 0. The Morgan fingerprint density at radius 2 is 1.56 bits per heavy atom. The molecule has 3 rings (SSSR count). The zero-order valence-corrected chi connectivity index (χ0v) is 10.1. The van der Waals surface area contributed by atoms with Gasteiger partial charge in [-0.3, -0.25) is 9.97 Å². The number of para-hydroxylation sites is 1. The second kappa shape index (κ2) is 4.96. The van der Waals surface area contributed by atoms with Gasteiger partial charge in [0.25, 0.3) is 0 Å². The van der Waals surface area contributed by atoms with Crippen LogP contribution in [0.1, 0.15) is 11.4 Å². The maximum atomic E-state index is 4.66. The van der Waals surface area contributed by atoms with Crippen molar-refractivity contribution in [2.45, 2.75) is 12.8 Å². The Hall–Kier alpha value is -2.22. The van der Waals surface area contributed by atoms with E-state index in [-0.39, 0.29) is 0 Å². The topological polar surface area (TPSA) is 25.8 Å². The Kier molecular flexibility index (Phi) is 3.01. The molecule has 0 atom stereocenters. The predicted molar refractivity (Wildman–Crippen MR) is 73.4 cm³/mol. The van der Waals surface area contributed by atoms with Crippen LogP contribution in [0.5, 0.6) is 0 Å². The number of aromatic nitrogens is 2. The van der Waals surface area contributed by atoms with Crippen LogP contribution in [0.3, 0.4) is 0 Å². The first-order valence-corrected chi connectivity index (χ1v) is 6.16. The van der Waals surface area contributed by atoms with Crippen LogP contribution in [0, 0.1) is 0 Å². The molecule has 0 aliphatic rings. The third kappa shape index (κ3) is 2.38. The average molecular weight is 234 g/mol. The number of nitrogens with zero attached hydrogens (tertiary/aromatic N) is 2. The Morgan fingerprint density at radius 3 is 2.44 bits per heavy atom. The van der Waals surface area contributed by atoms with Crippen LogP contribution in [-0.2, 0) is 12.8 Å². The van der Waals surface area contributed by atoms with E-state index in [0.29, 0.717) is 0 Å². The molecule has 2 heteroatoms. The summed E-state index contributed by atoms with van der Waals surface area (Å²) in [5, 5.41) is 1.19. The van der Waals surface area contributed by atoms with E-state index in [1.54, 1.807) is 0 Å². The fourth-order valence-electron chi connectivity index (χ4n) is 2.05. The lowest BCUT2D eigenvalue weighted by atomic mass is 10.1. The van der Waals surface area contributed by atoms with E-state index in [1.807, 2.05) is 30.5 Å². The molecule has 2 heterocycles. The second-order valence-electron chi connectivity index (χ2n) is 4.32. The summed E-state index contributed by atoms with van der Waals surface area (Å²) in [4.78, 5) is 8.99. The highest BCUT2D eigenvalue weighted by Gasteiger charge is 1.99. The average Bonchev–Trinajstić information content (AvgIpc) is 2.46. The lowest BCUT2D eigenvalue weighted by Gasteiger charge is -2.03. The van der Waals surface area contributed by atoms with Gasteiger partial charge < -0.3 is 0 Å². The molecule has 0 amide bonds. The van der Waals surface area contributed by atoms with Crippen LogP contribution in [0.2, 0.25) is 0 Å². The quantitative estimate of drug-likeness (QED) is 0.694. The summed E-state index contributed by atoms with van der Waals surface area (Å²) in [5.41, 5.74) is 3.31. The Morgan fingerprint density at radius 1 is 0.722 bits per heavy atom. The smallest absolute Gasteiger partial charge is 0.0705 e. The monoisotopic (exact) mass is 234 g/mol. The highest BCUT2D eigenvalue weighted by atomic mass is 14.7. The van der Waals surface area contributed by atoms with Crippen molar-refractivity contribution in [3.63, 3.8) is 0 Å². The van der Waals surface area contributed by atoms with E-state index in [1.165, 1.54) is 5.39 Å². The van der Waals surface area contributed by atoms with E-state index >= 15 is 0 Å². The van der Waals surface area contributed by atoms with E-state index in [0.717, 1.165) is 29.7 Å². The maximum Gasteiger partial charge on any atom is 0.0705 e. The van der Waals surface area contributed by atoms with Gasteiger partial charge in [0, 0.05) is 23.0 Å². The molecule has 0 saturated carbocycles. The molecule has 3 aromatic rings. The zero-order valence-electron chi connectivity index (χ0n) is 10.1. The fourth-order valence-corrected chi connectivity index (χ4v) is 2.05. The van der Waals surface area contributed by atoms with Crippen LogP contribution in [0.15, 0.2) is 60.8 Å². The molecule has 1 aromatic carbocycles. The van der Waals surface area contributed by atoms with Crippen LogP contribution in [0.4, 0.5) is 0 Å². The second-order valence-corrected chi connectivity index (χ2v) is 4.32. The number of pyridine rings is 2. The van der Waals surface area contributed by atoms with Gasteiger partial charge in [-0.25, -0.2) is 0 Å². The van der Waals surface area contributed by atoms with Gasteiger partial charge in [0.15, 0.2) is 0 Å². The van der Waals surface area contributed by atoms with Gasteiger partial charge in [-0.05, 0) is 37.1 Å². The molecule has 0 radical (unpaired) electrons. The third-order valence-electron chi connectivity index (χ3n) is 3.02. The standard InChI is InChI=1S/C16H14N2/c1-2-7-16-13(5-1)8-9-15(18-16)11-10-14-6-3-4-12-17-14/h1-9,12H,10-11H2. The fraction of sp³-hybridized carbons (Fsp3) is 0.125. The van der Waals surface area contributed by atoms with Crippen LogP contribution in [0.25, 0.3) is 10.9 Å². The molecule has 0 unspecified atom stereocenters. The molecule has 0 aliphatic heterocycles. The molecule has 0 saturated heterocycles. The maximum absolute atomic E-state index is 4.66.